The maximum Gasteiger partial charge on any atom is 0.191 e. The van der Waals surface area contributed by atoms with Gasteiger partial charge in [-0.25, -0.2) is 0 Å². The second-order valence-electron chi connectivity index (χ2n) is 6.04. The Labute approximate surface area is 127 Å². The van der Waals surface area contributed by atoms with Gasteiger partial charge in [0, 0.05) is 23.1 Å². The van der Waals surface area contributed by atoms with Gasteiger partial charge in [0.2, 0.25) is 0 Å². The van der Waals surface area contributed by atoms with Crippen LogP contribution in [0, 0.1) is 0 Å². The topological polar surface area (TPSA) is 34.1 Å². The first-order valence-corrected chi connectivity index (χ1v) is 7.46. The molecule has 3 aliphatic carbocycles. The van der Waals surface area contributed by atoms with E-state index in [1.54, 1.807) is 0 Å². The summed E-state index contributed by atoms with van der Waals surface area (Å²) in [6.07, 6.45) is 2.48. The molecular formula is C20H12O2. The summed E-state index contributed by atoms with van der Waals surface area (Å²) in [7, 11) is 0. The third-order valence-corrected chi connectivity index (χ3v) is 4.93. The molecule has 2 heteroatoms. The van der Waals surface area contributed by atoms with Crippen molar-refractivity contribution in [1.82, 2.24) is 0 Å². The van der Waals surface area contributed by atoms with E-state index in [-0.39, 0.29) is 11.6 Å². The number of fused-ring (bicyclic) bond motifs is 5. The molecule has 1 unspecified atom stereocenters. The molecule has 0 heterocycles. The van der Waals surface area contributed by atoms with E-state index in [1.165, 1.54) is 0 Å². The second kappa shape index (κ2) is 3.92. The van der Waals surface area contributed by atoms with Crippen molar-refractivity contribution in [3.8, 4) is 0 Å². The molecule has 104 valence electrons. The summed E-state index contributed by atoms with van der Waals surface area (Å²) in [6, 6.07) is 15.7. The Morgan fingerprint density at radius 3 is 2.59 bits per heavy atom. The lowest BCUT2D eigenvalue weighted by Crippen LogP contribution is -2.26. The van der Waals surface area contributed by atoms with Crippen LogP contribution in [0.5, 0.6) is 0 Å². The number of ketones is 2. The molecule has 0 saturated carbocycles. The molecule has 0 spiro atoms. The zero-order valence-electron chi connectivity index (χ0n) is 11.8. The minimum absolute atomic E-state index is 0.0285. The zero-order valence-corrected chi connectivity index (χ0v) is 11.8. The molecular weight excluding hydrogens is 272 g/mol. The van der Waals surface area contributed by atoms with Crippen LogP contribution < -0.4 is 0 Å². The predicted molar refractivity (Wildman–Crippen MR) is 84.2 cm³/mol. The van der Waals surface area contributed by atoms with E-state index >= 15 is 0 Å². The highest BCUT2D eigenvalue weighted by molar-refractivity contribution is 6.41. The van der Waals surface area contributed by atoms with Gasteiger partial charge < -0.3 is 0 Å². The molecule has 5 rings (SSSR count). The lowest BCUT2D eigenvalue weighted by molar-refractivity contribution is -0.119. The van der Waals surface area contributed by atoms with Gasteiger partial charge in [-0.1, -0.05) is 48.5 Å². The third kappa shape index (κ3) is 1.30. The molecule has 2 aromatic rings. The number of carbonyl (C=O) groups excluding carboxylic acids is 2. The molecule has 0 amide bonds. The van der Waals surface area contributed by atoms with Crippen LogP contribution in [0.3, 0.4) is 0 Å². The lowest BCUT2D eigenvalue weighted by Gasteiger charge is -2.22. The van der Waals surface area contributed by atoms with E-state index in [9.17, 15) is 9.59 Å². The Morgan fingerprint density at radius 1 is 0.909 bits per heavy atom. The van der Waals surface area contributed by atoms with E-state index < -0.39 is 5.92 Å². The molecule has 2 aromatic carbocycles. The largest absolute Gasteiger partial charge is 0.293 e. The first-order valence-electron chi connectivity index (χ1n) is 7.46. The zero-order chi connectivity index (χ0) is 14.8. The molecule has 0 aromatic heterocycles. The van der Waals surface area contributed by atoms with Crippen LogP contribution in [0.15, 0.2) is 59.7 Å². The Hall–Kier alpha value is -2.74. The van der Waals surface area contributed by atoms with Crippen LogP contribution in [0.1, 0.15) is 28.2 Å². The van der Waals surface area contributed by atoms with Crippen molar-refractivity contribution in [3.63, 3.8) is 0 Å². The molecule has 0 bridgehead atoms. The highest BCUT2D eigenvalue weighted by atomic mass is 16.1. The second-order valence-corrected chi connectivity index (χ2v) is 6.04. The summed E-state index contributed by atoms with van der Waals surface area (Å²) in [5.41, 5.74) is 5.97. The van der Waals surface area contributed by atoms with Crippen LogP contribution in [0.4, 0.5) is 0 Å². The summed E-state index contributed by atoms with van der Waals surface area (Å²) in [6.45, 7) is 0. The van der Waals surface area contributed by atoms with Crippen molar-refractivity contribution in [2.24, 2.45) is 0 Å². The molecule has 0 N–H and O–H groups in total. The first kappa shape index (κ1) is 11.9. The number of rotatable bonds is 0. The van der Waals surface area contributed by atoms with Gasteiger partial charge >= 0.3 is 0 Å². The van der Waals surface area contributed by atoms with Crippen LogP contribution in [-0.4, -0.2) is 11.6 Å². The average molecular weight is 284 g/mol. The SMILES string of the molecule is O=C1C2=Cc3ccccc3C2C(=O)C2=C1c1ccccc1C2. The number of allylic oxidation sites excluding steroid dienone is 3. The smallest absolute Gasteiger partial charge is 0.191 e. The predicted octanol–water partition coefficient (Wildman–Crippen LogP) is 3.33. The van der Waals surface area contributed by atoms with Crippen molar-refractivity contribution in [1.29, 1.82) is 0 Å². The van der Waals surface area contributed by atoms with Gasteiger partial charge in [0.15, 0.2) is 11.6 Å². The van der Waals surface area contributed by atoms with Crippen LogP contribution in [0.2, 0.25) is 0 Å². The fourth-order valence-corrected chi connectivity index (χ4v) is 3.95. The fourth-order valence-electron chi connectivity index (χ4n) is 3.95. The summed E-state index contributed by atoms with van der Waals surface area (Å²) < 4.78 is 0. The van der Waals surface area contributed by atoms with Gasteiger partial charge in [-0.2, -0.15) is 0 Å². The number of hydrogen-bond donors (Lipinski definition) is 0. The third-order valence-electron chi connectivity index (χ3n) is 4.93. The van der Waals surface area contributed by atoms with E-state index in [0.29, 0.717) is 23.1 Å². The number of carbonyl (C=O) groups is 2. The highest BCUT2D eigenvalue weighted by Crippen LogP contribution is 2.48. The maximum atomic E-state index is 13.0. The molecule has 2 nitrogen and oxygen atoms in total. The Bertz CT molecular complexity index is 944. The molecule has 3 aliphatic rings. The summed E-state index contributed by atoms with van der Waals surface area (Å²) in [5, 5.41) is 0. The van der Waals surface area contributed by atoms with Crippen molar-refractivity contribution >= 4 is 23.2 Å². The van der Waals surface area contributed by atoms with Gasteiger partial charge in [0.1, 0.15) is 0 Å². The fraction of sp³-hybridized carbons (Fsp3) is 0.100. The number of benzene rings is 2. The van der Waals surface area contributed by atoms with Gasteiger partial charge in [-0.3, -0.25) is 9.59 Å². The van der Waals surface area contributed by atoms with Crippen molar-refractivity contribution in [2.75, 3.05) is 0 Å². The van der Waals surface area contributed by atoms with Gasteiger partial charge in [0.05, 0.1) is 5.92 Å². The average Bonchev–Trinajstić information content (AvgIpc) is 3.12. The standard InChI is InChI=1S/C20H12O2/c21-19-15-9-11-5-1-3-7-13(11)17(15)20(22)16-10-12-6-2-4-8-14(12)18(16)19/h1-9,17H,10H2. The summed E-state index contributed by atoms with van der Waals surface area (Å²) in [4.78, 5) is 26.0. The molecule has 1 atom stereocenters. The molecule has 0 fully saturated rings. The Balaban J connectivity index is 1.75. The highest BCUT2D eigenvalue weighted by Gasteiger charge is 2.45. The van der Waals surface area contributed by atoms with E-state index in [1.807, 2.05) is 54.6 Å². The van der Waals surface area contributed by atoms with E-state index in [0.717, 1.165) is 22.3 Å². The minimum Gasteiger partial charge on any atom is -0.293 e. The van der Waals surface area contributed by atoms with E-state index in [4.69, 9.17) is 0 Å². The van der Waals surface area contributed by atoms with Crippen LogP contribution in [0.25, 0.3) is 11.6 Å². The maximum absolute atomic E-state index is 13.0. The molecule has 0 radical (unpaired) electrons. The van der Waals surface area contributed by atoms with Crippen molar-refractivity contribution in [2.45, 2.75) is 12.3 Å². The Morgan fingerprint density at radius 2 is 1.68 bits per heavy atom. The van der Waals surface area contributed by atoms with E-state index in [2.05, 4.69) is 0 Å². The van der Waals surface area contributed by atoms with Crippen molar-refractivity contribution < 1.29 is 9.59 Å². The monoisotopic (exact) mass is 284 g/mol. The minimum atomic E-state index is -0.392. The van der Waals surface area contributed by atoms with Crippen LogP contribution >= 0.6 is 0 Å². The van der Waals surface area contributed by atoms with Crippen LogP contribution in [-0.2, 0) is 16.0 Å². The van der Waals surface area contributed by atoms with Gasteiger partial charge in [-0.15, -0.1) is 0 Å². The quantitative estimate of drug-likeness (QED) is 0.743. The number of Topliss-reactive ketones (excluding diaryl/α,β-unsaturated/α-hetero) is 2. The van der Waals surface area contributed by atoms with Gasteiger partial charge in [0.25, 0.3) is 0 Å². The first-order chi connectivity index (χ1) is 10.8. The van der Waals surface area contributed by atoms with Crippen molar-refractivity contribution in [3.05, 3.63) is 81.9 Å². The summed E-state index contributed by atoms with van der Waals surface area (Å²) in [5.74, 6) is -0.264. The normalized spacial score (nSPS) is 21.3. The molecule has 22 heavy (non-hydrogen) atoms. The molecule has 0 aliphatic heterocycles. The molecule has 0 saturated heterocycles. The number of hydrogen-bond acceptors (Lipinski definition) is 2. The Kier molecular flexibility index (Phi) is 2.11. The summed E-state index contributed by atoms with van der Waals surface area (Å²) >= 11 is 0. The van der Waals surface area contributed by atoms with Gasteiger partial charge in [-0.05, 0) is 28.3 Å². The lowest BCUT2D eigenvalue weighted by atomic mass is 9.77.